The van der Waals surface area contributed by atoms with E-state index in [1.165, 1.54) is 35.2 Å². The van der Waals surface area contributed by atoms with E-state index in [9.17, 15) is 18.0 Å². The SMILES string of the molecule is CCN1CCC[C@H]1CNC(=O)c1ccc2c(c1)N(Cc1ccccc1)C(=O)c1ccccc1S2(=O)=O. The normalized spacial score (nSPS) is 18.9. The third-order valence-electron chi connectivity index (χ3n) is 7.04. The first kappa shape index (κ1) is 24.2. The van der Waals surface area contributed by atoms with E-state index in [1.54, 1.807) is 12.1 Å². The van der Waals surface area contributed by atoms with Gasteiger partial charge in [-0.15, -0.1) is 0 Å². The van der Waals surface area contributed by atoms with E-state index in [0.29, 0.717) is 18.2 Å². The van der Waals surface area contributed by atoms with Crippen LogP contribution in [0.25, 0.3) is 0 Å². The van der Waals surface area contributed by atoms with Crippen molar-refractivity contribution >= 4 is 27.3 Å². The minimum Gasteiger partial charge on any atom is -0.350 e. The van der Waals surface area contributed by atoms with Crippen LogP contribution in [0.3, 0.4) is 0 Å². The zero-order chi connectivity index (χ0) is 25.3. The third-order valence-corrected chi connectivity index (χ3v) is 8.90. The highest BCUT2D eigenvalue weighted by Gasteiger charge is 2.36. The lowest BCUT2D eigenvalue weighted by atomic mass is 10.1. The number of carbonyl (C=O) groups is 2. The highest BCUT2D eigenvalue weighted by Crippen LogP contribution is 2.38. The summed E-state index contributed by atoms with van der Waals surface area (Å²) in [5, 5.41) is 3.01. The molecule has 5 rings (SSSR count). The average molecular weight is 504 g/mol. The van der Waals surface area contributed by atoms with E-state index in [1.807, 2.05) is 30.3 Å². The van der Waals surface area contributed by atoms with E-state index in [4.69, 9.17) is 0 Å². The summed E-state index contributed by atoms with van der Waals surface area (Å²) < 4.78 is 27.2. The van der Waals surface area contributed by atoms with Crippen LogP contribution < -0.4 is 10.2 Å². The van der Waals surface area contributed by atoms with Gasteiger partial charge in [-0.05, 0) is 61.8 Å². The van der Waals surface area contributed by atoms with Crippen LogP contribution in [0.5, 0.6) is 0 Å². The lowest BCUT2D eigenvalue weighted by Crippen LogP contribution is -2.40. The molecule has 2 aliphatic rings. The molecule has 2 amide bonds. The van der Waals surface area contributed by atoms with Gasteiger partial charge >= 0.3 is 0 Å². The van der Waals surface area contributed by atoms with Crippen LogP contribution in [0.2, 0.25) is 0 Å². The number of likely N-dealkylation sites (tertiary alicyclic amines) is 1. The fourth-order valence-electron chi connectivity index (χ4n) is 5.13. The molecule has 0 radical (unpaired) electrons. The summed E-state index contributed by atoms with van der Waals surface area (Å²) in [5.41, 5.74) is 1.51. The van der Waals surface area contributed by atoms with Crippen molar-refractivity contribution < 1.29 is 18.0 Å². The Morgan fingerprint density at radius 3 is 2.53 bits per heavy atom. The molecule has 3 aromatic carbocycles. The summed E-state index contributed by atoms with van der Waals surface area (Å²) in [5.74, 6) is -0.703. The molecule has 0 aromatic heterocycles. The van der Waals surface area contributed by atoms with Gasteiger partial charge in [-0.3, -0.25) is 14.5 Å². The molecule has 1 N–H and O–H groups in total. The number of amides is 2. The number of fused-ring (bicyclic) bond motifs is 2. The van der Waals surface area contributed by atoms with Crippen LogP contribution in [-0.4, -0.2) is 50.8 Å². The maximum absolute atomic E-state index is 13.7. The van der Waals surface area contributed by atoms with Gasteiger partial charge in [0.15, 0.2) is 0 Å². The molecule has 2 heterocycles. The zero-order valence-corrected chi connectivity index (χ0v) is 21.0. The zero-order valence-electron chi connectivity index (χ0n) is 20.2. The van der Waals surface area contributed by atoms with Gasteiger partial charge in [0, 0.05) is 18.2 Å². The lowest BCUT2D eigenvalue weighted by molar-refractivity contribution is 0.0938. The molecule has 0 aliphatic carbocycles. The summed E-state index contributed by atoms with van der Waals surface area (Å²) >= 11 is 0. The van der Waals surface area contributed by atoms with Crippen LogP contribution in [0.15, 0.2) is 82.6 Å². The molecule has 36 heavy (non-hydrogen) atoms. The number of nitrogens with zero attached hydrogens (tertiary/aromatic N) is 2. The Bertz CT molecular complexity index is 1410. The summed E-state index contributed by atoms with van der Waals surface area (Å²) in [4.78, 5) is 30.6. The number of hydrogen-bond acceptors (Lipinski definition) is 5. The number of anilines is 1. The number of hydrogen-bond donors (Lipinski definition) is 1. The second-order valence-corrected chi connectivity index (χ2v) is 11.1. The highest BCUT2D eigenvalue weighted by molar-refractivity contribution is 7.91. The predicted octanol–water partition coefficient (Wildman–Crippen LogP) is 3.89. The molecular formula is C28H29N3O4S. The number of nitrogens with one attached hydrogen (secondary N) is 1. The molecule has 3 aromatic rings. The molecule has 1 fully saturated rings. The Kier molecular flexibility index (Phi) is 6.64. The largest absolute Gasteiger partial charge is 0.350 e. The van der Waals surface area contributed by atoms with Gasteiger partial charge < -0.3 is 10.2 Å². The Morgan fingerprint density at radius 1 is 1.00 bits per heavy atom. The van der Waals surface area contributed by atoms with E-state index in [-0.39, 0.29) is 33.5 Å². The van der Waals surface area contributed by atoms with Crippen molar-refractivity contribution in [1.82, 2.24) is 10.2 Å². The average Bonchev–Trinajstić information content (AvgIpc) is 3.35. The van der Waals surface area contributed by atoms with Gasteiger partial charge in [-0.25, -0.2) is 8.42 Å². The minimum absolute atomic E-state index is 0.0150. The Hall–Kier alpha value is -3.49. The molecule has 8 heteroatoms. The van der Waals surface area contributed by atoms with Crippen molar-refractivity contribution in [2.75, 3.05) is 24.5 Å². The van der Waals surface area contributed by atoms with Crippen LogP contribution in [0, 0.1) is 0 Å². The highest BCUT2D eigenvalue weighted by atomic mass is 32.2. The third kappa shape index (κ3) is 4.42. The van der Waals surface area contributed by atoms with Gasteiger partial charge in [0.25, 0.3) is 11.8 Å². The van der Waals surface area contributed by atoms with Crippen molar-refractivity contribution in [3.05, 3.63) is 89.5 Å². The number of benzene rings is 3. The van der Waals surface area contributed by atoms with Crippen LogP contribution >= 0.6 is 0 Å². The molecule has 1 saturated heterocycles. The molecule has 1 atom stereocenters. The van der Waals surface area contributed by atoms with Gasteiger partial charge in [0.2, 0.25) is 9.84 Å². The van der Waals surface area contributed by atoms with E-state index >= 15 is 0 Å². The van der Waals surface area contributed by atoms with E-state index < -0.39 is 15.7 Å². The van der Waals surface area contributed by atoms with Gasteiger partial charge in [-0.2, -0.15) is 0 Å². The maximum Gasteiger partial charge on any atom is 0.259 e. The molecular weight excluding hydrogens is 474 g/mol. The second-order valence-electron chi connectivity index (χ2n) is 9.19. The fourth-order valence-corrected chi connectivity index (χ4v) is 6.76. The standard InChI is InChI=1S/C28H29N3O4S/c1-2-30-16-8-11-22(30)18-29-27(32)21-14-15-26-24(17-21)31(19-20-9-4-3-5-10-20)28(33)23-12-6-7-13-25(23)36(26,34)35/h3-7,9-10,12-15,17,22H,2,8,11,16,18-19H2,1H3,(H,29,32)/t22-/m0/s1. The van der Waals surface area contributed by atoms with Crippen LogP contribution in [0.1, 0.15) is 46.0 Å². The summed E-state index contributed by atoms with van der Waals surface area (Å²) in [6.45, 7) is 4.79. The lowest BCUT2D eigenvalue weighted by Gasteiger charge is -2.24. The van der Waals surface area contributed by atoms with Crippen LogP contribution in [-0.2, 0) is 16.4 Å². The number of rotatable bonds is 6. The molecule has 186 valence electrons. The monoisotopic (exact) mass is 503 g/mol. The quantitative estimate of drug-likeness (QED) is 0.552. The van der Waals surface area contributed by atoms with E-state index in [0.717, 1.165) is 31.5 Å². The first-order valence-electron chi connectivity index (χ1n) is 12.3. The van der Waals surface area contributed by atoms with Crippen molar-refractivity contribution in [2.24, 2.45) is 0 Å². The Morgan fingerprint density at radius 2 is 1.75 bits per heavy atom. The first-order valence-corrected chi connectivity index (χ1v) is 13.7. The summed E-state index contributed by atoms with van der Waals surface area (Å²) in [7, 11) is -3.98. The summed E-state index contributed by atoms with van der Waals surface area (Å²) in [6.07, 6.45) is 2.15. The second kappa shape index (κ2) is 9.87. The topological polar surface area (TPSA) is 86.8 Å². The molecule has 0 unspecified atom stereocenters. The van der Waals surface area contributed by atoms with E-state index in [2.05, 4.69) is 17.1 Å². The number of carbonyl (C=O) groups excluding carboxylic acids is 2. The summed E-state index contributed by atoms with van der Waals surface area (Å²) in [6, 6.07) is 20.5. The van der Waals surface area contributed by atoms with Gasteiger partial charge in [0.1, 0.15) is 0 Å². The van der Waals surface area contributed by atoms with Gasteiger partial charge in [-0.1, -0.05) is 49.4 Å². The maximum atomic E-state index is 13.7. The Labute approximate surface area is 211 Å². The van der Waals surface area contributed by atoms with Crippen molar-refractivity contribution in [3.63, 3.8) is 0 Å². The first-order chi connectivity index (χ1) is 17.4. The van der Waals surface area contributed by atoms with Gasteiger partial charge in [0.05, 0.1) is 27.6 Å². The number of sulfone groups is 1. The molecule has 2 aliphatic heterocycles. The molecule has 0 bridgehead atoms. The van der Waals surface area contributed by atoms with Crippen LogP contribution in [0.4, 0.5) is 5.69 Å². The Balaban J connectivity index is 1.54. The number of likely N-dealkylation sites (N-methyl/N-ethyl adjacent to an activating group) is 1. The van der Waals surface area contributed by atoms with Crippen molar-refractivity contribution in [1.29, 1.82) is 0 Å². The molecule has 7 nitrogen and oxygen atoms in total. The van der Waals surface area contributed by atoms with Crippen molar-refractivity contribution in [2.45, 2.75) is 42.1 Å². The predicted molar refractivity (Wildman–Crippen MR) is 138 cm³/mol. The minimum atomic E-state index is -3.98. The fraction of sp³-hybridized carbons (Fsp3) is 0.286. The smallest absolute Gasteiger partial charge is 0.259 e. The molecule has 0 spiro atoms. The molecule has 0 saturated carbocycles. The van der Waals surface area contributed by atoms with Crippen molar-refractivity contribution in [3.8, 4) is 0 Å².